The Morgan fingerprint density at radius 2 is 1.81 bits per heavy atom. The van der Waals surface area contributed by atoms with Gasteiger partial charge in [-0.2, -0.15) is 5.10 Å². The van der Waals surface area contributed by atoms with Gasteiger partial charge in [0.05, 0.1) is 17.1 Å². The van der Waals surface area contributed by atoms with E-state index in [1.807, 2.05) is 62.4 Å². The molecule has 0 aliphatic heterocycles. The van der Waals surface area contributed by atoms with Crippen LogP contribution in [0.4, 0.5) is 0 Å². The molecule has 0 saturated heterocycles. The van der Waals surface area contributed by atoms with Crippen LogP contribution in [0.15, 0.2) is 67.0 Å². The van der Waals surface area contributed by atoms with Gasteiger partial charge in [0, 0.05) is 17.8 Å². The summed E-state index contributed by atoms with van der Waals surface area (Å²) in [5, 5.41) is 6.47. The van der Waals surface area contributed by atoms with E-state index in [9.17, 15) is 4.79 Å². The van der Waals surface area contributed by atoms with Crippen molar-refractivity contribution in [3.8, 4) is 11.4 Å². The van der Waals surface area contributed by atoms with E-state index in [0.29, 0.717) is 17.0 Å². The van der Waals surface area contributed by atoms with Crippen LogP contribution in [0.2, 0.25) is 0 Å². The maximum Gasteiger partial charge on any atom is 0.347 e. The molecule has 0 unspecified atom stereocenters. The van der Waals surface area contributed by atoms with Crippen LogP contribution in [0.25, 0.3) is 16.5 Å². The normalized spacial score (nSPS) is 10.8. The van der Waals surface area contributed by atoms with Crippen LogP contribution in [0.3, 0.4) is 0 Å². The molecule has 0 radical (unpaired) electrons. The molecule has 0 fully saturated rings. The number of benzene rings is 2. The number of hydrogen-bond acceptors (Lipinski definition) is 4. The van der Waals surface area contributed by atoms with E-state index in [-0.39, 0.29) is 0 Å². The zero-order valence-corrected chi connectivity index (χ0v) is 14.5. The van der Waals surface area contributed by atoms with Crippen molar-refractivity contribution in [2.75, 3.05) is 0 Å². The van der Waals surface area contributed by atoms with Crippen LogP contribution in [0, 0.1) is 13.8 Å². The van der Waals surface area contributed by atoms with Gasteiger partial charge in [-0.15, -0.1) is 0 Å². The fraction of sp³-hybridized carbons (Fsp3) is 0.0952. The highest BCUT2D eigenvalue weighted by Gasteiger charge is 2.21. The van der Waals surface area contributed by atoms with Crippen molar-refractivity contribution in [2.45, 2.75) is 13.8 Å². The van der Waals surface area contributed by atoms with Crippen LogP contribution in [-0.4, -0.2) is 20.7 Å². The van der Waals surface area contributed by atoms with E-state index in [2.05, 4.69) is 10.1 Å². The molecule has 5 nitrogen and oxygen atoms in total. The molecule has 26 heavy (non-hydrogen) atoms. The summed E-state index contributed by atoms with van der Waals surface area (Å²) >= 11 is 0. The SMILES string of the molecule is Cc1nn(-c2ccccc2)c(C)c1C(=O)Oc1ccc2ccncc2c1. The molecule has 0 N–H and O–H groups in total. The summed E-state index contributed by atoms with van der Waals surface area (Å²) in [7, 11) is 0. The van der Waals surface area contributed by atoms with Gasteiger partial charge in [-0.3, -0.25) is 4.98 Å². The monoisotopic (exact) mass is 343 g/mol. The van der Waals surface area contributed by atoms with Crippen molar-refractivity contribution in [1.82, 2.24) is 14.8 Å². The number of hydrogen-bond donors (Lipinski definition) is 0. The lowest BCUT2D eigenvalue weighted by Crippen LogP contribution is -2.11. The Morgan fingerprint density at radius 3 is 2.62 bits per heavy atom. The second-order valence-corrected chi connectivity index (χ2v) is 6.07. The fourth-order valence-corrected chi connectivity index (χ4v) is 3.04. The summed E-state index contributed by atoms with van der Waals surface area (Å²) in [4.78, 5) is 16.8. The van der Waals surface area contributed by atoms with Gasteiger partial charge in [0.25, 0.3) is 0 Å². The molecule has 0 aliphatic rings. The number of esters is 1. The predicted octanol–water partition coefficient (Wildman–Crippen LogP) is 4.26. The third-order valence-corrected chi connectivity index (χ3v) is 4.32. The number of rotatable bonds is 3. The topological polar surface area (TPSA) is 57.0 Å². The number of fused-ring (bicyclic) bond motifs is 1. The molecule has 0 amide bonds. The summed E-state index contributed by atoms with van der Waals surface area (Å²) in [6.45, 7) is 3.68. The number of ether oxygens (including phenoxy) is 1. The van der Waals surface area contributed by atoms with Crippen LogP contribution >= 0.6 is 0 Å². The molecule has 4 rings (SSSR count). The largest absolute Gasteiger partial charge is 0.423 e. The first-order valence-electron chi connectivity index (χ1n) is 8.31. The summed E-state index contributed by atoms with van der Waals surface area (Å²) < 4.78 is 7.36. The Balaban J connectivity index is 1.66. The molecular formula is C21H17N3O2. The Morgan fingerprint density at radius 1 is 1.00 bits per heavy atom. The quantitative estimate of drug-likeness (QED) is 0.412. The molecule has 0 atom stereocenters. The lowest BCUT2D eigenvalue weighted by atomic mass is 10.1. The molecule has 2 aromatic heterocycles. The predicted molar refractivity (Wildman–Crippen MR) is 99.7 cm³/mol. The molecule has 0 bridgehead atoms. The van der Waals surface area contributed by atoms with Gasteiger partial charge in [-0.1, -0.05) is 24.3 Å². The van der Waals surface area contributed by atoms with Crippen LogP contribution in [0.1, 0.15) is 21.7 Å². The molecule has 5 heteroatoms. The third-order valence-electron chi connectivity index (χ3n) is 4.32. The molecule has 2 heterocycles. The van der Waals surface area contributed by atoms with Crippen molar-refractivity contribution < 1.29 is 9.53 Å². The molecule has 128 valence electrons. The van der Waals surface area contributed by atoms with E-state index < -0.39 is 5.97 Å². The lowest BCUT2D eigenvalue weighted by molar-refractivity contribution is 0.0733. The van der Waals surface area contributed by atoms with Gasteiger partial charge in [0.2, 0.25) is 0 Å². The number of nitrogens with zero attached hydrogens (tertiary/aromatic N) is 3. The first-order valence-corrected chi connectivity index (χ1v) is 8.31. The number of carbonyl (C=O) groups excluding carboxylic acids is 1. The van der Waals surface area contributed by atoms with Crippen molar-refractivity contribution >= 4 is 16.7 Å². The number of aromatic nitrogens is 3. The number of pyridine rings is 1. The van der Waals surface area contributed by atoms with Gasteiger partial charge in [-0.05, 0) is 49.6 Å². The zero-order chi connectivity index (χ0) is 18.1. The minimum atomic E-state index is -0.412. The summed E-state index contributed by atoms with van der Waals surface area (Å²) in [5.74, 6) is 0.0761. The van der Waals surface area contributed by atoms with E-state index in [0.717, 1.165) is 22.2 Å². The van der Waals surface area contributed by atoms with Crippen molar-refractivity contribution in [2.24, 2.45) is 0 Å². The number of para-hydroxylation sites is 1. The highest BCUT2D eigenvalue weighted by Crippen LogP contribution is 2.23. The Hall–Kier alpha value is -3.47. The average molecular weight is 343 g/mol. The van der Waals surface area contributed by atoms with Crippen molar-refractivity contribution in [1.29, 1.82) is 0 Å². The Bertz CT molecular complexity index is 1100. The smallest absolute Gasteiger partial charge is 0.347 e. The van der Waals surface area contributed by atoms with Gasteiger partial charge in [-0.25, -0.2) is 9.48 Å². The Kier molecular flexibility index (Phi) is 3.97. The lowest BCUT2D eigenvalue weighted by Gasteiger charge is -2.07. The second kappa shape index (κ2) is 6.44. The average Bonchev–Trinajstić information content (AvgIpc) is 2.96. The first kappa shape index (κ1) is 16.0. The standard InChI is InChI=1S/C21H17N3O2/c1-14-20(15(2)24(23-14)18-6-4-3-5-7-18)21(25)26-19-9-8-16-10-11-22-13-17(16)12-19/h3-13H,1-2H3. The van der Waals surface area contributed by atoms with E-state index in [1.165, 1.54) is 0 Å². The minimum Gasteiger partial charge on any atom is -0.423 e. The zero-order valence-electron chi connectivity index (χ0n) is 14.5. The maximum atomic E-state index is 12.7. The fourth-order valence-electron chi connectivity index (χ4n) is 3.04. The summed E-state index contributed by atoms with van der Waals surface area (Å²) in [6.07, 6.45) is 3.48. The molecule has 2 aromatic carbocycles. The van der Waals surface area contributed by atoms with Crippen LogP contribution in [0.5, 0.6) is 5.75 Å². The Labute approximate surface area is 150 Å². The van der Waals surface area contributed by atoms with Crippen LogP contribution in [-0.2, 0) is 0 Å². The highest BCUT2D eigenvalue weighted by molar-refractivity contribution is 5.94. The molecule has 0 saturated carbocycles. The molecule has 0 aliphatic carbocycles. The molecule has 0 spiro atoms. The van der Waals surface area contributed by atoms with Gasteiger partial charge >= 0.3 is 5.97 Å². The van der Waals surface area contributed by atoms with Crippen LogP contribution < -0.4 is 4.74 Å². The molecular weight excluding hydrogens is 326 g/mol. The number of aryl methyl sites for hydroxylation is 1. The van der Waals surface area contributed by atoms with E-state index in [4.69, 9.17) is 4.74 Å². The summed E-state index contributed by atoms with van der Waals surface area (Å²) in [6, 6.07) is 17.1. The third kappa shape index (κ3) is 2.84. The first-order chi connectivity index (χ1) is 12.6. The van der Waals surface area contributed by atoms with E-state index >= 15 is 0 Å². The second-order valence-electron chi connectivity index (χ2n) is 6.07. The van der Waals surface area contributed by atoms with E-state index in [1.54, 1.807) is 23.1 Å². The van der Waals surface area contributed by atoms with Crippen molar-refractivity contribution in [3.05, 3.63) is 83.9 Å². The minimum absolute atomic E-state index is 0.412. The van der Waals surface area contributed by atoms with Crippen molar-refractivity contribution in [3.63, 3.8) is 0 Å². The highest BCUT2D eigenvalue weighted by atomic mass is 16.5. The van der Waals surface area contributed by atoms with Gasteiger partial charge in [0.1, 0.15) is 11.3 Å². The molecule has 4 aromatic rings. The number of carbonyl (C=O) groups is 1. The van der Waals surface area contributed by atoms with Gasteiger partial charge < -0.3 is 4.74 Å². The van der Waals surface area contributed by atoms with Gasteiger partial charge in [0.15, 0.2) is 0 Å². The maximum absolute atomic E-state index is 12.7. The summed E-state index contributed by atoms with van der Waals surface area (Å²) in [5.41, 5.74) is 2.78.